The number of carboxylic acid groups (broad SMARTS) is 1. The average Bonchev–Trinajstić information content (AvgIpc) is 2.15. The van der Waals surface area contributed by atoms with Crippen molar-refractivity contribution in [1.29, 1.82) is 0 Å². The fraction of sp³-hybridized carbons (Fsp3) is 0.778. The molecule has 0 heterocycles. The van der Waals surface area contributed by atoms with E-state index >= 15 is 0 Å². The maximum Gasteiger partial charge on any atom is 0.336 e. The second-order valence-corrected chi connectivity index (χ2v) is 3.59. The first kappa shape index (κ1) is 13.9. The van der Waals surface area contributed by atoms with Gasteiger partial charge in [-0.3, -0.25) is 4.79 Å². The normalized spacial score (nSPS) is 14.4. The number of carboxylic acids is 1. The molecule has 0 spiro atoms. The van der Waals surface area contributed by atoms with Crippen molar-refractivity contribution in [2.24, 2.45) is 0 Å². The quantitative estimate of drug-likeness (QED) is 0.526. The van der Waals surface area contributed by atoms with Crippen LogP contribution in [0, 0.1) is 0 Å². The third-order valence-corrected chi connectivity index (χ3v) is 2.11. The molecule has 0 aromatic rings. The summed E-state index contributed by atoms with van der Waals surface area (Å²) in [5, 5.41) is 20.5. The molecule has 0 bridgehead atoms. The number of amides is 1. The molecule has 1 atom stereocenters. The minimum absolute atomic E-state index is 0.0216. The Hall–Kier alpha value is -1.14. The van der Waals surface area contributed by atoms with E-state index in [0.717, 1.165) is 0 Å². The zero-order chi connectivity index (χ0) is 12.1. The van der Waals surface area contributed by atoms with Crippen LogP contribution in [0.25, 0.3) is 0 Å². The van der Waals surface area contributed by atoms with Crippen LogP contribution in [0.5, 0.6) is 0 Å². The number of carbonyl (C=O) groups is 2. The van der Waals surface area contributed by atoms with Crippen LogP contribution >= 0.6 is 0 Å². The molecule has 0 aromatic heterocycles. The first-order valence-electron chi connectivity index (χ1n) is 4.71. The van der Waals surface area contributed by atoms with Crippen LogP contribution in [-0.4, -0.2) is 59.3 Å². The average molecular weight is 218 g/mol. The Labute approximate surface area is 88.9 Å². The van der Waals surface area contributed by atoms with Crippen molar-refractivity contribution >= 4 is 11.9 Å². The number of carbonyl (C=O) groups excluding carboxylic acids is 1. The van der Waals surface area contributed by atoms with Crippen molar-refractivity contribution in [3.8, 4) is 0 Å². The molecule has 0 rings (SSSR count). The van der Waals surface area contributed by atoms with Gasteiger partial charge in [-0.1, -0.05) is 0 Å². The lowest BCUT2D eigenvalue weighted by Gasteiger charge is -2.19. The lowest BCUT2D eigenvalue weighted by atomic mass is 10.1. The van der Waals surface area contributed by atoms with Gasteiger partial charge in [0, 0.05) is 20.1 Å². The first-order valence-corrected chi connectivity index (χ1v) is 4.71. The molecule has 0 aromatic carbocycles. The van der Waals surface area contributed by atoms with Crippen LogP contribution in [0.15, 0.2) is 0 Å². The van der Waals surface area contributed by atoms with Crippen LogP contribution in [0.1, 0.15) is 13.8 Å². The topological polar surface area (TPSA) is 89.9 Å². The van der Waals surface area contributed by atoms with Gasteiger partial charge in [-0.25, -0.2) is 4.79 Å². The minimum Gasteiger partial charge on any atom is -0.479 e. The Bertz CT molecular complexity index is 240. The summed E-state index contributed by atoms with van der Waals surface area (Å²) in [6.45, 7) is 3.47. The van der Waals surface area contributed by atoms with Gasteiger partial charge < -0.3 is 20.4 Å². The summed E-state index contributed by atoms with van der Waals surface area (Å²) < 4.78 is 0. The molecule has 88 valence electrons. The van der Waals surface area contributed by atoms with Gasteiger partial charge in [0.15, 0.2) is 5.60 Å². The van der Waals surface area contributed by atoms with Crippen LogP contribution in [-0.2, 0) is 9.59 Å². The Morgan fingerprint density at radius 1 is 1.47 bits per heavy atom. The molecule has 3 N–H and O–H groups in total. The van der Waals surface area contributed by atoms with Crippen LogP contribution in [0.2, 0.25) is 0 Å². The third-order valence-electron chi connectivity index (χ3n) is 2.11. The summed E-state index contributed by atoms with van der Waals surface area (Å²) in [5.41, 5.74) is -1.84. The maximum absolute atomic E-state index is 11.3. The Morgan fingerprint density at radius 3 is 2.40 bits per heavy atom. The predicted molar refractivity (Wildman–Crippen MR) is 54.4 cm³/mol. The highest BCUT2D eigenvalue weighted by molar-refractivity contribution is 5.79. The van der Waals surface area contributed by atoms with Gasteiger partial charge in [-0.05, 0) is 13.8 Å². The molecule has 0 aliphatic heterocycles. The summed E-state index contributed by atoms with van der Waals surface area (Å²) in [6.07, 6.45) is 0. The van der Waals surface area contributed by atoms with E-state index in [1.807, 2.05) is 6.92 Å². The summed E-state index contributed by atoms with van der Waals surface area (Å²) in [6, 6.07) is 0. The largest absolute Gasteiger partial charge is 0.479 e. The molecule has 0 aliphatic carbocycles. The van der Waals surface area contributed by atoms with Gasteiger partial charge in [0.2, 0.25) is 5.91 Å². The molecule has 0 saturated carbocycles. The number of aliphatic carboxylic acids is 1. The number of aliphatic hydroxyl groups is 1. The smallest absolute Gasteiger partial charge is 0.336 e. The minimum atomic E-state index is -1.84. The Morgan fingerprint density at radius 2 is 2.00 bits per heavy atom. The van der Waals surface area contributed by atoms with E-state index < -0.39 is 11.6 Å². The van der Waals surface area contributed by atoms with E-state index in [4.69, 9.17) is 5.11 Å². The number of nitrogens with zero attached hydrogens (tertiary/aromatic N) is 1. The molecule has 0 radical (unpaired) electrons. The van der Waals surface area contributed by atoms with Crippen molar-refractivity contribution in [2.75, 3.05) is 26.7 Å². The van der Waals surface area contributed by atoms with Crippen molar-refractivity contribution < 1.29 is 19.8 Å². The fourth-order valence-electron chi connectivity index (χ4n) is 0.800. The lowest BCUT2D eigenvalue weighted by molar-refractivity contribution is -0.156. The predicted octanol–water partition coefficient (Wildman–Crippen LogP) is -1.11. The highest BCUT2D eigenvalue weighted by atomic mass is 16.4. The number of likely N-dealkylation sites (N-methyl/N-ethyl adjacent to an activating group) is 1. The van der Waals surface area contributed by atoms with Crippen LogP contribution < -0.4 is 5.32 Å². The molecule has 0 aliphatic rings. The summed E-state index contributed by atoms with van der Waals surface area (Å²) >= 11 is 0. The summed E-state index contributed by atoms with van der Waals surface area (Å²) in [7, 11) is 1.65. The van der Waals surface area contributed by atoms with E-state index in [1.165, 1.54) is 11.8 Å². The van der Waals surface area contributed by atoms with Crippen molar-refractivity contribution in [3.05, 3.63) is 0 Å². The van der Waals surface area contributed by atoms with Crippen molar-refractivity contribution in [1.82, 2.24) is 10.2 Å². The monoisotopic (exact) mass is 218 g/mol. The van der Waals surface area contributed by atoms with Crippen LogP contribution in [0.3, 0.4) is 0 Å². The molecule has 15 heavy (non-hydrogen) atoms. The molecule has 1 amide bonds. The molecular weight excluding hydrogens is 200 g/mol. The zero-order valence-corrected chi connectivity index (χ0v) is 9.28. The van der Waals surface area contributed by atoms with Crippen molar-refractivity contribution in [3.63, 3.8) is 0 Å². The fourth-order valence-corrected chi connectivity index (χ4v) is 0.800. The molecule has 6 heteroatoms. The van der Waals surface area contributed by atoms with Gasteiger partial charge in [0.25, 0.3) is 0 Å². The van der Waals surface area contributed by atoms with E-state index in [0.29, 0.717) is 6.54 Å². The van der Waals surface area contributed by atoms with E-state index in [2.05, 4.69) is 5.32 Å². The lowest BCUT2D eigenvalue weighted by Crippen LogP contribution is -2.47. The molecule has 0 fully saturated rings. The Kier molecular flexibility index (Phi) is 5.24. The second kappa shape index (κ2) is 5.67. The molecular formula is C9H18N2O4. The molecule has 0 saturated heterocycles. The van der Waals surface area contributed by atoms with E-state index in [9.17, 15) is 14.7 Å². The molecule has 6 nitrogen and oxygen atoms in total. The second-order valence-electron chi connectivity index (χ2n) is 3.59. The standard InChI is InChI=1S/C9H18N2O4/c1-4-11(3)7(12)5-10-6-9(2,15)8(13)14/h10,15H,4-6H2,1-3H3,(H,13,14). The first-order chi connectivity index (χ1) is 6.81. The van der Waals surface area contributed by atoms with Crippen molar-refractivity contribution in [2.45, 2.75) is 19.4 Å². The maximum atomic E-state index is 11.3. The zero-order valence-electron chi connectivity index (χ0n) is 9.28. The summed E-state index contributed by atoms with van der Waals surface area (Å²) in [5.74, 6) is -1.45. The molecule has 1 unspecified atom stereocenters. The SMILES string of the molecule is CCN(C)C(=O)CNCC(C)(O)C(=O)O. The number of rotatable bonds is 6. The van der Waals surface area contributed by atoms with Gasteiger partial charge in [-0.15, -0.1) is 0 Å². The van der Waals surface area contributed by atoms with E-state index in [1.54, 1.807) is 7.05 Å². The van der Waals surface area contributed by atoms with E-state index in [-0.39, 0.29) is 19.0 Å². The third kappa shape index (κ3) is 4.75. The van der Waals surface area contributed by atoms with Gasteiger partial charge in [0.1, 0.15) is 0 Å². The summed E-state index contributed by atoms with van der Waals surface area (Å²) in [4.78, 5) is 23.3. The number of nitrogens with one attached hydrogen (secondary N) is 1. The van der Waals surface area contributed by atoms with Gasteiger partial charge in [0.05, 0.1) is 6.54 Å². The number of hydrogen-bond acceptors (Lipinski definition) is 4. The Balaban J connectivity index is 3.90. The number of hydrogen-bond donors (Lipinski definition) is 3. The van der Waals surface area contributed by atoms with Gasteiger partial charge >= 0.3 is 5.97 Å². The highest BCUT2D eigenvalue weighted by Crippen LogP contribution is 2.00. The highest BCUT2D eigenvalue weighted by Gasteiger charge is 2.29. The van der Waals surface area contributed by atoms with Gasteiger partial charge in [-0.2, -0.15) is 0 Å². The van der Waals surface area contributed by atoms with Crippen LogP contribution in [0.4, 0.5) is 0 Å².